The van der Waals surface area contributed by atoms with Crippen molar-refractivity contribution in [1.29, 1.82) is 0 Å². The summed E-state index contributed by atoms with van der Waals surface area (Å²) in [6.45, 7) is 1.79. The first-order chi connectivity index (χ1) is 16.3. The molecule has 178 valence electrons. The van der Waals surface area contributed by atoms with Crippen LogP contribution in [0.3, 0.4) is 0 Å². The van der Waals surface area contributed by atoms with Crippen molar-refractivity contribution in [3.63, 3.8) is 0 Å². The number of hydrogen-bond acceptors (Lipinski definition) is 6. The average molecular weight is 502 g/mol. The number of halogens is 2. The average Bonchev–Trinajstić information content (AvgIpc) is 2.83. The summed E-state index contributed by atoms with van der Waals surface area (Å²) in [6.07, 6.45) is 2.30. The molecule has 34 heavy (non-hydrogen) atoms. The zero-order valence-electron chi connectivity index (χ0n) is 19.3. The Bertz CT molecular complexity index is 1220. The SMILES string of the molecule is COC(=O)C1=C(C)NC2=CC(c3ccc(OC)c(OC)c3)CC(=O)C2C1c1cccc(Cl)c1Cl. The predicted molar refractivity (Wildman–Crippen MR) is 131 cm³/mol. The number of fused-ring (bicyclic) bond motifs is 1. The number of methoxy groups -OCH3 is 3. The molecule has 1 aliphatic carbocycles. The van der Waals surface area contributed by atoms with Crippen LogP contribution >= 0.6 is 23.2 Å². The predicted octanol–water partition coefficient (Wildman–Crippen LogP) is 5.40. The summed E-state index contributed by atoms with van der Waals surface area (Å²) in [5.74, 6) is -0.729. The number of allylic oxidation sites excluding steroid dienone is 3. The molecule has 0 radical (unpaired) electrons. The van der Waals surface area contributed by atoms with Gasteiger partial charge < -0.3 is 19.5 Å². The highest BCUT2D eigenvalue weighted by atomic mass is 35.5. The van der Waals surface area contributed by atoms with Crippen LogP contribution < -0.4 is 14.8 Å². The number of hydrogen-bond donors (Lipinski definition) is 1. The maximum atomic E-state index is 13.6. The van der Waals surface area contributed by atoms with Crippen LogP contribution in [-0.2, 0) is 14.3 Å². The second kappa shape index (κ2) is 9.72. The number of Topliss-reactive ketones (excluding diaryl/α,β-unsaturated/α-hetero) is 1. The van der Waals surface area contributed by atoms with Crippen LogP contribution in [0.1, 0.15) is 36.3 Å². The highest BCUT2D eigenvalue weighted by Crippen LogP contribution is 2.49. The van der Waals surface area contributed by atoms with Gasteiger partial charge in [0.15, 0.2) is 11.5 Å². The quantitative estimate of drug-likeness (QED) is 0.552. The Kier molecular flexibility index (Phi) is 6.91. The number of carbonyl (C=O) groups excluding carboxylic acids is 2. The summed E-state index contributed by atoms with van der Waals surface area (Å²) in [4.78, 5) is 26.4. The van der Waals surface area contributed by atoms with E-state index in [1.165, 1.54) is 7.11 Å². The summed E-state index contributed by atoms with van der Waals surface area (Å²) < 4.78 is 15.8. The molecule has 2 aromatic carbocycles. The van der Waals surface area contributed by atoms with Gasteiger partial charge in [-0.3, -0.25) is 4.79 Å². The highest BCUT2D eigenvalue weighted by molar-refractivity contribution is 6.42. The lowest BCUT2D eigenvalue weighted by atomic mass is 9.68. The summed E-state index contributed by atoms with van der Waals surface area (Å²) in [6, 6.07) is 10.9. The van der Waals surface area contributed by atoms with Crippen LogP contribution in [0.2, 0.25) is 10.0 Å². The van der Waals surface area contributed by atoms with E-state index in [1.807, 2.05) is 24.3 Å². The van der Waals surface area contributed by atoms with Gasteiger partial charge in [-0.2, -0.15) is 0 Å². The molecule has 4 rings (SSSR count). The highest BCUT2D eigenvalue weighted by Gasteiger charge is 2.45. The minimum absolute atomic E-state index is 0.0141. The normalized spacial score (nSPS) is 21.9. The first-order valence-corrected chi connectivity index (χ1v) is 11.5. The molecule has 0 spiro atoms. The van der Waals surface area contributed by atoms with E-state index in [-0.39, 0.29) is 18.1 Å². The van der Waals surface area contributed by atoms with Gasteiger partial charge in [-0.15, -0.1) is 0 Å². The summed E-state index contributed by atoms with van der Waals surface area (Å²) in [5.41, 5.74) is 3.24. The van der Waals surface area contributed by atoms with E-state index >= 15 is 0 Å². The van der Waals surface area contributed by atoms with Gasteiger partial charge in [0.25, 0.3) is 0 Å². The van der Waals surface area contributed by atoms with Crippen LogP contribution in [0.5, 0.6) is 11.5 Å². The number of nitrogens with one attached hydrogen (secondary N) is 1. The van der Waals surface area contributed by atoms with Crippen LogP contribution in [0.15, 0.2) is 59.4 Å². The minimum Gasteiger partial charge on any atom is -0.493 e. The molecule has 1 heterocycles. The molecular formula is C26H25Cl2NO5. The van der Waals surface area contributed by atoms with E-state index < -0.39 is 17.8 Å². The molecule has 0 aromatic heterocycles. The van der Waals surface area contributed by atoms with Crippen molar-refractivity contribution in [2.24, 2.45) is 5.92 Å². The molecule has 0 saturated heterocycles. The first-order valence-electron chi connectivity index (χ1n) is 10.8. The summed E-state index contributed by atoms with van der Waals surface area (Å²) >= 11 is 12.9. The molecule has 3 atom stereocenters. The molecule has 1 N–H and O–H groups in total. The van der Waals surface area contributed by atoms with E-state index in [1.54, 1.807) is 39.3 Å². The van der Waals surface area contributed by atoms with Gasteiger partial charge in [-0.25, -0.2) is 4.79 Å². The van der Waals surface area contributed by atoms with Gasteiger partial charge in [-0.05, 0) is 36.2 Å². The van der Waals surface area contributed by atoms with Crippen LogP contribution in [0, 0.1) is 5.92 Å². The maximum Gasteiger partial charge on any atom is 0.336 e. The van der Waals surface area contributed by atoms with Crippen molar-refractivity contribution in [2.75, 3.05) is 21.3 Å². The molecule has 0 bridgehead atoms. The van der Waals surface area contributed by atoms with Gasteiger partial charge >= 0.3 is 5.97 Å². The Morgan fingerprint density at radius 3 is 2.44 bits per heavy atom. The monoisotopic (exact) mass is 501 g/mol. The van der Waals surface area contributed by atoms with Gasteiger partial charge in [0, 0.05) is 29.7 Å². The smallest absolute Gasteiger partial charge is 0.336 e. The third-order valence-electron chi connectivity index (χ3n) is 6.42. The largest absolute Gasteiger partial charge is 0.493 e. The number of esters is 1. The second-order valence-corrected chi connectivity index (χ2v) is 9.05. The molecule has 2 aliphatic rings. The van der Waals surface area contributed by atoms with Crippen LogP contribution in [0.4, 0.5) is 0 Å². The fraction of sp³-hybridized carbons (Fsp3) is 0.308. The van der Waals surface area contributed by atoms with E-state index in [2.05, 4.69) is 5.32 Å². The van der Waals surface area contributed by atoms with Crippen molar-refractivity contribution >= 4 is 35.0 Å². The Morgan fingerprint density at radius 2 is 1.76 bits per heavy atom. The third-order valence-corrected chi connectivity index (χ3v) is 7.26. The number of benzene rings is 2. The molecular weight excluding hydrogens is 477 g/mol. The van der Waals surface area contributed by atoms with Crippen molar-refractivity contribution in [3.05, 3.63) is 80.6 Å². The Morgan fingerprint density at radius 1 is 1.03 bits per heavy atom. The second-order valence-electron chi connectivity index (χ2n) is 8.27. The van der Waals surface area contributed by atoms with E-state index in [0.717, 1.165) is 11.3 Å². The van der Waals surface area contributed by atoms with Gasteiger partial charge in [0.2, 0.25) is 0 Å². The van der Waals surface area contributed by atoms with E-state index in [0.29, 0.717) is 38.4 Å². The first kappa shape index (κ1) is 24.2. The Labute approximate surface area is 208 Å². The van der Waals surface area contributed by atoms with Crippen molar-refractivity contribution in [2.45, 2.75) is 25.2 Å². The fourth-order valence-corrected chi connectivity index (χ4v) is 5.27. The molecule has 8 heteroatoms. The zero-order valence-corrected chi connectivity index (χ0v) is 20.8. The van der Waals surface area contributed by atoms with Crippen molar-refractivity contribution < 1.29 is 23.8 Å². The molecule has 6 nitrogen and oxygen atoms in total. The molecule has 3 unspecified atom stereocenters. The molecule has 0 saturated carbocycles. The number of ketones is 1. The molecule has 0 fully saturated rings. The Balaban J connectivity index is 1.84. The van der Waals surface area contributed by atoms with Crippen LogP contribution in [0.25, 0.3) is 0 Å². The van der Waals surface area contributed by atoms with Crippen LogP contribution in [-0.4, -0.2) is 33.1 Å². The van der Waals surface area contributed by atoms with Gasteiger partial charge in [-0.1, -0.05) is 47.5 Å². The van der Waals surface area contributed by atoms with Crippen molar-refractivity contribution in [3.8, 4) is 11.5 Å². The topological polar surface area (TPSA) is 73.9 Å². The third kappa shape index (κ3) is 4.17. The van der Waals surface area contributed by atoms with E-state index in [4.69, 9.17) is 37.4 Å². The summed E-state index contributed by atoms with van der Waals surface area (Å²) in [7, 11) is 4.47. The molecule has 1 aliphatic heterocycles. The Hall–Kier alpha value is -2.96. The number of ether oxygens (including phenoxy) is 3. The lowest BCUT2D eigenvalue weighted by molar-refractivity contribution is -0.136. The molecule has 0 amide bonds. The maximum absolute atomic E-state index is 13.6. The lowest BCUT2D eigenvalue weighted by Gasteiger charge is -2.39. The van der Waals surface area contributed by atoms with Gasteiger partial charge in [0.05, 0.1) is 42.9 Å². The lowest BCUT2D eigenvalue weighted by Crippen LogP contribution is -2.42. The fourth-order valence-electron chi connectivity index (χ4n) is 4.85. The minimum atomic E-state index is -0.620. The van der Waals surface area contributed by atoms with E-state index in [9.17, 15) is 9.59 Å². The number of rotatable bonds is 5. The van der Waals surface area contributed by atoms with Gasteiger partial charge in [0.1, 0.15) is 5.78 Å². The molecule has 2 aromatic rings. The number of carbonyl (C=O) groups is 2. The zero-order chi connectivity index (χ0) is 24.6. The van der Waals surface area contributed by atoms with Crippen molar-refractivity contribution in [1.82, 2.24) is 5.32 Å². The standard InChI is InChI=1S/C26H25Cl2NO5/c1-13-22(26(31)34-4)23(16-6-5-7-17(27)25(16)28)24-18(29-13)10-15(11-19(24)30)14-8-9-20(32-2)21(12-14)33-3/h5-10,12,15,23-24,29H,11H2,1-4H3. The summed E-state index contributed by atoms with van der Waals surface area (Å²) in [5, 5.41) is 3.96.